The highest BCUT2D eigenvalue weighted by Crippen LogP contribution is 2.18. The van der Waals surface area contributed by atoms with E-state index < -0.39 is 27.4 Å². The topological polar surface area (TPSA) is 44.8 Å². The summed E-state index contributed by atoms with van der Waals surface area (Å²) in [5, 5.41) is 0. The van der Waals surface area contributed by atoms with Gasteiger partial charge in [-0.15, -0.1) is 0 Å². The molecule has 0 aromatic heterocycles. The fourth-order valence-corrected chi connectivity index (χ4v) is 9.11. The molecule has 0 aromatic rings. The first kappa shape index (κ1) is 18.8. The molecule has 0 bridgehead atoms. The Morgan fingerprint density at radius 2 is 1.68 bits per heavy atom. The summed E-state index contributed by atoms with van der Waals surface area (Å²) in [6.45, 7) is 16.4. The summed E-state index contributed by atoms with van der Waals surface area (Å²) >= 11 is 0. The Morgan fingerprint density at radius 3 is 2.05 bits per heavy atom. The zero-order chi connectivity index (χ0) is 15.0. The van der Waals surface area contributed by atoms with Crippen molar-refractivity contribution < 1.29 is 20.6 Å². The van der Waals surface area contributed by atoms with Gasteiger partial charge in [-0.1, -0.05) is 13.5 Å². The van der Waals surface area contributed by atoms with Crippen LogP contribution in [0.4, 0.5) is 0 Å². The molecule has 0 aliphatic rings. The predicted molar refractivity (Wildman–Crippen MR) is 89.1 cm³/mol. The lowest BCUT2D eigenvalue weighted by Gasteiger charge is -2.26. The molecule has 1 unspecified atom stereocenters. The Labute approximate surface area is 125 Å². The molecule has 0 aromatic carbocycles. The van der Waals surface area contributed by atoms with Gasteiger partial charge in [0.15, 0.2) is 18.1 Å². The molecule has 0 heterocycles. The summed E-state index contributed by atoms with van der Waals surface area (Å²) in [7, 11) is -3.77. The third-order valence-electron chi connectivity index (χ3n) is 2.43. The van der Waals surface area contributed by atoms with E-state index in [4.69, 9.17) is 13.0 Å². The minimum Gasteiger partial charge on any atom is -0.462 e. The molecule has 0 saturated heterocycles. The maximum Gasteiger partial charge on any atom is 1.00 e. The molecule has 0 radical (unpaired) electrons. The van der Waals surface area contributed by atoms with Crippen molar-refractivity contribution in [1.82, 2.24) is 0 Å². The Kier molecular flexibility index (Phi) is 9.54. The van der Waals surface area contributed by atoms with Crippen LogP contribution in [-0.4, -0.2) is 39.9 Å². The molecule has 0 aliphatic carbocycles. The molecule has 0 saturated carbocycles. The van der Waals surface area contributed by atoms with E-state index in [1.165, 1.54) is 0 Å². The van der Waals surface area contributed by atoms with Crippen molar-refractivity contribution in [3.63, 3.8) is 0 Å². The van der Waals surface area contributed by atoms with Crippen LogP contribution in [0.3, 0.4) is 0 Å². The maximum absolute atomic E-state index is 11.3. The summed E-state index contributed by atoms with van der Waals surface area (Å²) in [4.78, 5) is 11.3. The van der Waals surface area contributed by atoms with Crippen LogP contribution in [0.15, 0.2) is 12.2 Å². The smallest absolute Gasteiger partial charge is 0.462 e. The maximum atomic E-state index is 11.3. The quantitative estimate of drug-likeness (QED) is 0.371. The monoisotopic (exact) mass is 322 g/mol. The molecular weight excluding hydrogens is 292 g/mol. The van der Waals surface area contributed by atoms with Crippen molar-refractivity contribution in [3.05, 3.63) is 12.2 Å². The third kappa shape index (κ3) is 9.33. The Bertz CT molecular complexity index is 294. The third-order valence-corrected chi connectivity index (χ3v) is 10.2. The normalized spacial score (nSPS) is 13.1. The first-order chi connectivity index (χ1) is 8.73. The highest BCUT2D eigenvalue weighted by atomic mass is 28.4. The van der Waals surface area contributed by atoms with Crippen LogP contribution in [0.25, 0.3) is 0 Å². The molecule has 0 N–H and O–H groups in total. The zero-order valence-corrected chi connectivity index (χ0v) is 16.5. The van der Waals surface area contributed by atoms with Crippen molar-refractivity contribution in [2.75, 3.05) is 6.61 Å². The van der Waals surface area contributed by atoms with Gasteiger partial charge in [0.05, 0.1) is 6.61 Å². The first-order valence-corrected chi connectivity index (χ1v) is 14.0. The van der Waals surface area contributed by atoms with Gasteiger partial charge < -0.3 is 13.0 Å². The zero-order valence-electron chi connectivity index (χ0n) is 15.1. The second-order valence-electron chi connectivity index (χ2n) is 5.42. The Hall–Kier alpha value is -0.219. The molecule has 0 rings (SSSR count). The molecule has 0 fully saturated rings. The van der Waals surface area contributed by atoms with Crippen molar-refractivity contribution in [1.29, 1.82) is 0 Å². The van der Waals surface area contributed by atoms with Crippen molar-refractivity contribution in [2.24, 2.45) is 0 Å². The van der Waals surface area contributed by atoms with Crippen LogP contribution < -0.4 is 0 Å². The SMILES string of the molecule is C=C(C)C(=O)OCCC(C)[SiH](O[SiH](C)C)O[SiH](C)C.[H+].[H+]. The number of hydrogen-bond donors (Lipinski definition) is 0. The van der Waals surface area contributed by atoms with Gasteiger partial charge in [0, 0.05) is 5.57 Å². The fourth-order valence-electron chi connectivity index (χ4n) is 1.43. The van der Waals surface area contributed by atoms with E-state index >= 15 is 0 Å². The molecule has 0 spiro atoms. The van der Waals surface area contributed by atoms with Crippen LogP contribution in [0.1, 0.15) is 23.1 Å². The summed E-state index contributed by atoms with van der Waals surface area (Å²) in [5.41, 5.74) is 0.806. The van der Waals surface area contributed by atoms with Crippen molar-refractivity contribution >= 4 is 33.3 Å². The number of ether oxygens (including phenoxy) is 1. The summed E-state index contributed by atoms with van der Waals surface area (Å²) in [5.74, 6) is -0.316. The van der Waals surface area contributed by atoms with Gasteiger partial charge in [0.2, 0.25) is 0 Å². The minimum atomic E-state index is -1.62. The summed E-state index contributed by atoms with van der Waals surface area (Å²) in [6.07, 6.45) is 0.804. The van der Waals surface area contributed by atoms with Crippen LogP contribution in [0.2, 0.25) is 31.7 Å². The standard InChI is InChI=1S/C12H28O4Si3/c1-10(2)12(13)14-9-8-11(3)19(15-17(4)5)16-18(6)7/h11,17-19H,1,8-9H2,2-7H3/p+2. The molecule has 7 heteroatoms. The highest BCUT2D eigenvalue weighted by molar-refractivity contribution is 6.68. The number of hydrogen-bond acceptors (Lipinski definition) is 4. The average Bonchev–Trinajstić information content (AvgIpc) is 2.26. The molecule has 0 aliphatic heterocycles. The van der Waals surface area contributed by atoms with Crippen molar-refractivity contribution in [3.8, 4) is 0 Å². The van der Waals surface area contributed by atoms with Gasteiger partial charge in [-0.25, -0.2) is 4.79 Å². The molecule has 19 heavy (non-hydrogen) atoms. The van der Waals surface area contributed by atoms with E-state index in [0.29, 0.717) is 17.7 Å². The number of esters is 1. The first-order valence-electron chi connectivity index (χ1n) is 6.87. The fraction of sp³-hybridized carbons (Fsp3) is 0.750. The molecule has 4 nitrogen and oxygen atoms in total. The lowest BCUT2D eigenvalue weighted by molar-refractivity contribution is -0.139. The van der Waals surface area contributed by atoms with Crippen LogP contribution in [0.5, 0.6) is 0 Å². The van der Waals surface area contributed by atoms with Gasteiger partial charge in [0.25, 0.3) is 0 Å². The van der Waals surface area contributed by atoms with E-state index in [-0.39, 0.29) is 8.82 Å². The van der Waals surface area contributed by atoms with Crippen LogP contribution >= 0.6 is 0 Å². The number of carbonyl (C=O) groups is 1. The second kappa shape index (κ2) is 9.65. The van der Waals surface area contributed by atoms with Gasteiger partial charge in [-0.05, 0) is 45.1 Å². The number of rotatable bonds is 9. The lowest BCUT2D eigenvalue weighted by Crippen LogP contribution is -2.36. The number of carbonyl (C=O) groups excluding carboxylic acids is 1. The van der Waals surface area contributed by atoms with Crippen LogP contribution in [0, 0.1) is 0 Å². The van der Waals surface area contributed by atoms with E-state index in [2.05, 4.69) is 39.7 Å². The minimum absolute atomic E-state index is 0. The van der Waals surface area contributed by atoms with Gasteiger partial charge in [-0.2, -0.15) is 0 Å². The van der Waals surface area contributed by atoms with E-state index in [9.17, 15) is 4.79 Å². The predicted octanol–water partition coefficient (Wildman–Crippen LogP) is 2.33. The second-order valence-corrected chi connectivity index (χ2v) is 13.7. The molecular formula is C12H30O4Si3+2. The van der Waals surface area contributed by atoms with Gasteiger partial charge in [-0.3, -0.25) is 0 Å². The lowest BCUT2D eigenvalue weighted by atomic mass is 10.3. The van der Waals surface area contributed by atoms with E-state index in [1.54, 1.807) is 6.92 Å². The summed E-state index contributed by atoms with van der Waals surface area (Å²) < 4.78 is 17.2. The molecule has 112 valence electrons. The van der Waals surface area contributed by atoms with Gasteiger partial charge in [0.1, 0.15) is 0 Å². The highest BCUT2D eigenvalue weighted by Gasteiger charge is 2.24. The van der Waals surface area contributed by atoms with E-state index in [1.807, 2.05) is 0 Å². The van der Waals surface area contributed by atoms with Gasteiger partial charge >= 0.3 is 18.1 Å². The largest absolute Gasteiger partial charge is 1.00 e. The average molecular weight is 323 g/mol. The molecule has 0 amide bonds. The Morgan fingerprint density at radius 1 is 1.21 bits per heavy atom. The van der Waals surface area contributed by atoms with E-state index in [0.717, 1.165) is 6.42 Å². The van der Waals surface area contributed by atoms with Crippen LogP contribution in [-0.2, 0) is 17.8 Å². The molecule has 1 atom stereocenters. The van der Waals surface area contributed by atoms with Crippen molar-refractivity contribution in [2.45, 2.75) is 52.0 Å². The summed E-state index contributed by atoms with van der Waals surface area (Å²) in [6, 6.07) is 0. The Balaban J connectivity index is -0.00000162.